The molecule has 2 heterocycles. The number of hydrogen-bond donors (Lipinski definition) is 2. The average Bonchev–Trinajstić information content (AvgIpc) is 3.30. The number of halogens is 1. The van der Waals surface area contributed by atoms with Crippen molar-refractivity contribution in [3.8, 4) is 0 Å². The molecule has 2 N–H and O–H groups in total. The molecule has 1 aliphatic carbocycles. The molecule has 23 heavy (non-hydrogen) atoms. The van der Waals surface area contributed by atoms with Gasteiger partial charge in [0.1, 0.15) is 0 Å². The normalized spacial score (nSPS) is 13.8. The first-order chi connectivity index (χ1) is 10.7. The summed E-state index contributed by atoms with van der Waals surface area (Å²) in [5.41, 5.74) is 2.74. The van der Waals surface area contributed by atoms with Crippen LogP contribution in [0.15, 0.2) is 10.6 Å². The molecular formula is C16H23ClN4O2. The highest BCUT2D eigenvalue weighted by Gasteiger charge is 2.28. The Morgan fingerprint density at radius 1 is 1.35 bits per heavy atom. The fourth-order valence-corrected chi connectivity index (χ4v) is 2.54. The maximum absolute atomic E-state index is 12.5. The molecule has 2 aromatic heterocycles. The van der Waals surface area contributed by atoms with Crippen molar-refractivity contribution in [3.05, 3.63) is 23.0 Å². The summed E-state index contributed by atoms with van der Waals surface area (Å²) in [5, 5.41) is 10.9. The molecular weight excluding hydrogens is 316 g/mol. The number of hydrogen-bond acceptors (Lipinski definition) is 5. The molecule has 1 fully saturated rings. The van der Waals surface area contributed by atoms with Crippen LogP contribution in [0.1, 0.15) is 53.8 Å². The second-order valence-corrected chi connectivity index (χ2v) is 5.82. The molecule has 6 nitrogen and oxygen atoms in total. The summed E-state index contributed by atoms with van der Waals surface area (Å²) in [5.74, 6) is 0.381. The van der Waals surface area contributed by atoms with Crippen molar-refractivity contribution in [2.45, 2.75) is 39.0 Å². The molecule has 0 unspecified atom stereocenters. The van der Waals surface area contributed by atoms with Crippen molar-refractivity contribution in [1.29, 1.82) is 0 Å². The van der Waals surface area contributed by atoms with Gasteiger partial charge in [-0.05, 0) is 38.8 Å². The Labute approximate surface area is 141 Å². The number of carbonyl (C=O) groups excluding carboxylic acids is 1. The molecule has 3 rings (SSSR count). The summed E-state index contributed by atoms with van der Waals surface area (Å²) in [6.07, 6.45) is 3.35. The lowest BCUT2D eigenvalue weighted by Crippen LogP contribution is -2.32. The van der Waals surface area contributed by atoms with Crippen LogP contribution in [0.4, 0.5) is 0 Å². The molecule has 0 bridgehead atoms. The van der Waals surface area contributed by atoms with E-state index in [0.717, 1.165) is 43.4 Å². The highest BCUT2D eigenvalue weighted by Crippen LogP contribution is 2.40. The number of rotatable bonds is 7. The molecule has 0 radical (unpaired) electrons. The van der Waals surface area contributed by atoms with E-state index in [9.17, 15) is 4.79 Å². The highest BCUT2D eigenvalue weighted by atomic mass is 35.5. The number of pyridine rings is 1. The summed E-state index contributed by atoms with van der Waals surface area (Å²) in [6.45, 7) is 6.29. The second kappa shape index (κ2) is 7.75. The van der Waals surface area contributed by atoms with Crippen LogP contribution in [-0.4, -0.2) is 35.7 Å². The third kappa shape index (κ3) is 4.00. The Kier molecular flexibility index (Phi) is 5.96. The van der Waals surface area contributed by atoms with Crippen LogP contribution in [0.25, 0.3) is 11.1 Å². The zero-order valence-electron chi connectivity index (χ0n) is 13.5. The molecule has 0 aromatic carbocycles. The van der Waals surface area contributed by atoms with Crippen LogP contribution in [0.2, 0.25) is 0 Å². The van der Waals surface area contributed by atoms with Crippen LogP contribution in [0.3, 0.4) is 0 Å². The fraction of sp³-hybridized carbons (Fsp3) is 0.562. The molecule has 126 valence electrons. The van der Waals surface area contributed by atoms with E-state index in [1.165, 1.54) is 0 Å². The Morgan fingerprint density at radius 3 is 2.83 bits per heavy atom. The zero-order chi connectivity index (χ0) is 15.5. The Balaban J connectivity index is 0.00000192. The Morgan fingerprint density at radius 2 is 2.13 bits per heavy atom. The van der Waals surface area contributed by atoms with Gasteiger partial charge in [0.05, 0.1) is 16.6 Å². The lowest BCUT2D eigenvalue weighted by molar-refractivity contribution is 0.0955. The minimum atomic E-state index is -0.0844. The van der Waals surface area contributed by atoms with Gasteiger partial charge < -0.3 is 15.2 Å². The number of aromatic nitrogens is 2. The van der Waals surface area contributed by atoms with Gasteiger partial charge in [0.25, 0.3) is 11.6 Å². The van der Waals surface area contributed by atoms with Crippen LogP contribution in [0.5, 0.6) is 0 Å². The van der Waals surface area contributed by atoms with Crippen molar-refractivity contribution >= 4 is 29.4 Å². The number of amides is 1. The molecule has 1 aliphatic rings. The van der Waals surface area contributed by atoms with Gasteiger partial charge in [0.15, 0.2) is 0 Å². The van der Waals surface area contributed by atoms with E-state index in [1.54, 1.807) is 0 Å². The monoisotopic (exact) mass is 338 g/mol. The van der Waals surface area contributed by atoms with Gasteiger partial charge in [0.2, 0.25) is 0 Å². The Bertz CT molecular complexity index is 682. The minimum absolute atomic E-state index is 0. The number of fused-ring (bicyclic) bond motifs is 1. The molecule has 0 atom stereocenters. The molecule has 0 spiro atoms. The maximum Gasteiger partial charge on any atom is 0.259 e. The smallest absolute Gasteiger partial charge is 0.259 e. The molecule has 7 heteroatoms. The Hall–Kier alpha value is -1.66. The zero-order valence-corrected chi connectivity index (χ0v) is 14.3. The van der Waals surface area contributed by atoms with Gasteiger partial charge in [-0.1, -0.05) is 12.1 Å². The fourth-order valence-electron chi connectivity index (χ4n) is 2.54. The topological polar surface area (TPSA) is 80.0 Å². The first-order valence-corrected chi connectivity index (χ1v) is 7.96. The van der Waals surface area contributed by atoms with Crippen molar-refractivity contribution < 1.29 is 9.32 Å². The number of nitrogens with one attached hydrogen (secondary N) is 2. The van der Waals surface area contributed by atoms with E-state index in [0.29, 0.717) is 29.4 Å². The van der Waals surface area contributed by atoms with E-state index >= 15 is 0 Å². The van der Waals surface area contributed by atoms with Gasteiger partial charge in [-0.2, -0.15) is 0 Å². The van der Waals surface area contributed by atoms with Gasteiger partial charge in [-0.25, -0.2) is 4.98 Å². The largest absolute Gasteiger partial charge is 0.351 e. The molecule has 2 aromatic rings. The SMILES string of the molecule is CCCNCCNC(=O)c1cc(C2CC2)nc2onc(C)c12.Cl. The molecule has 1 saturated carbocycles. The first-order valence-electron chi connectivity index (χ1n) is 7.96. The lowest BCUT2D eigenvalue weighted by Gasteiger charge is -2.08. The van der Waals surface area contributed by atoms with Gasteiger partial charge in [-0.15, -0.1) is 12.4 Å². The van der Waals surface area contributed by atoms with Crippen LogP contribution >= 0.6 is 12.4 Å². The summed E-state index contributed by atoms with van der Waals surface area (Å²) in [4.78, 5) is 17.0. The molecule has 1 amide bonds. The number of aryl methyl sites for hydroxylation is 1. The van der Waals surface area contributed by atoms with Crippen LogP contribution in [0, 0.1) is 6.92 Å². The quantitative estimate of drug-likeness (QED) is 0.758. The predicted molar refractivity (Wildman–Crippen MR) is 91.3 cm³/mol. The molecule has 0 aliphatic heterocycles. The predicted octanol–water partition coefficient (Wildman–Crippen LogP) is 2.56. The summed E-state index contributed by atoms with van der Waals surface area (Å²) < 4.78 is 5.26. The molecule has 0 saturated heterocycles. The standard InChI is InChI=1S/C16H22N4O2.ClH/c1-3-6-17-7-8-18-15(21)12-9-13(11-4-5-11)19-16-14(12)10(2)20-22-16;/h9,11,17H,3-8H2,1-2H3,(H,18,21);1H. The first kappa shape index (κ1) is 17.7. The van der Waals surface area contributed by atoms with E-state index in [2.05, 4.69) is 27.7 Å². The number of nitrogens with zero attached hydrogens (tertiary/aromatic N) is 2. The van der Waals surface area contributed by atoms with Crippen molar-refractivity contribution in [2.75, 3.05) is 19.6 Å². The summed E-state index contributed by atoms with van der Waals surface area (Å²) >= 11 is 0. The summed E-state index contributed by atoms with van der Waals surface area (Å²) in [7, 11) is 0. The third-order valence-electron chi connectivity index (χ3n) is 3.89. The third-order valence-corrected chi connectivity index (χ3v) is 3.89. The minimum Gasteiger partial charge on any atom is -0.351 e. The second-order valence-electron chi connectivity index (χ2n) is 5.82. The van der Waals surface area contributed by atoms with E-state index in [4.69, 9.17) is 4.52 Å². The van der Waals surface area contributed by atoms with Crippen molar-refractivity contribution in [1.82, 2.24) is 20.8 Å². The van der Waals surface area contributed by atoms with Crippen molar-refractivity contribution in [3.63, 3.8) is 0 Å². The van der Waals surface area contributed by atoms with E-state index < -0.39 is 0 Å². The lowest BCUT2D eigenvalue weighted by atomic mass is 10.1. The van der Waals surface area contributed by atoms with Gasteiger partial charge >= 0.3 is 0 Å². The summed E-state index contributed by atoms with van der Waals surface area (Å²) in [6, 6.07) is 1.90. The highest BCUT2D eigenvalue weighted by molar-refractivity contribution is 6.06. The van der Waals surface area contributed by atoms with Gasteiger partial charge in [-0.3, -0.25) is 4.79 Å². The van der Waals surface area contributed by atoms with Crippen LogP contribution in [-0.2, 0) is 0 Å². The van der Waals surface area contributed by atoms with Gasteiger partial charge in [0, 0.05) is 24.7 Å². The van der Waals surface area contributed by atoms with Crippen molar-refractivity contribution in [2.24, 2.45) is 0 Å². The maximum atomic E-state index is 12.5. The van der Waals surface area contributed by atoms with E-state index in [-0.39, 0.29) is 18.3 Å². The number of carbonyl (C=O) groups is 1. The van der Waals surface area contributed by atoms with Crippen LogP contribution < -0.4 is 10.6 Å². The average molecular weight is 339 g/mol. The van der Waals surface area contributed by atoms with E-state index in [1.807, 2.05) is 13.0 Å².